The number of hydrogen-bond acceptors (Lipinski definition) is 1. The van der Waals surface area contributed by atoms with Crippen LogP contribution < -0.4 is 0 Å². The Hall–Kier alpha value is -0.770. The highest BCUT2D eigenvalue weighted by Gasteiger charge is 2.45. The monoisotopic (exact) mass is 162 g/mol. The predicted molar refractivity (Wildman–Crippen MR) is 47.5 cm³/mol. The van der Waals surface area contributed by atoms with Crippen LogP contribution in [0.3, 0.4) is 0 Å². The number of Topliss-reactive ketones (excluding diaryl/α,β-unsaturated/α-hetero) is 1. The van der Waals surface area contributed by atoms with E-state index in [-0.39, 0.29) is 5.41 Å². The minimum atomic E-state index is -0.0185. The maximum absolute atomic E-state index is 11.3. The van der Waals surface area contributed by atoms with Crippen LogP contribution in [0.2, 0.25) is 0 Å². The van der Waals surface area contributed by atoms with Crippen LogP contribution in [0.5, 0.6) is 0 Å². The molecule has 2 aliphatic rings. The van der Waals surface area contributed by atoms with Gasteiger partial charge in [-0.1, -0.05) is 12.3 Å². The zero-order valence-corrected chi connectivity index (χ0v) is 7.31. The fourth-order valence-corrected chi connectivity index (χ4v) is 2.81. The minimum Gasteiger partial charge on any atom is -0.300 e. The molecule has 1 heteroatoms. The quantitative estimate of drug-likeness (QED) is 0.499. The number of carbonyl (C=O) groups is 1. The van der Waals surface area contributed by atoms with Crippen LogP contribution in [0.4, 0.5) is 0 Å². The largest absolute Gasteiger partial charge is 0.300 e. The smallest absolute Gasteiger partial charge is 0.134 e. The van der Waals surface area contributed by atoms with Crippen LogP contribution in [-0.2, 0) is 4.79 Å². The van der Waals surface area contributed by atoms with E-state index in [0.717, 1.165) is 19.3 Å². The molecule has 64 valence electrons. The van der Waals surface area contributed by atoms with Gasteiger partial charge in [-0.15, -0.1) is 6.42 Å². The Kier molecular flexibility index (Phi) is 1.72. The molecule has 0 aromatic carbocycles. The second-order valence-electron chi connectivity index (χ2n) is 4.14. The highest BCUT2D eigenvalue weighted by Crippen LogP contribution is 2.50. The molecule has 0 heterocycles. The van der Waals surface area contributed by atoms with Crippen molar-refractivity contribution < 1.29 is 4.79 Å². The van der Waals surface area contributed by atoms with Crippen molar-refractivity contribution in [3.05, 3.63) is 0 Å². The van der Waals surface area contributed by atoms with Gasteiger partial charge in [0.1, 0.15) is 5.78 Å². The van der Waals surface area contributed by atoms with Crippen LogP contribution in [-0.4, -0.2) is 5.78 Å². The van der Waals surface area contributed by atoms with Crippen LogP contribution >= 0.6 is 0 Å². The molecule has 0 N–H and O–H groups in total. The Bertz CT molecular complexity index is 248. The lowest BCUT2D eigenvalue weighted by Crippen LogP contribution is -2.31. The summed E-state index contributed by atoms with van der Waals surface area (Å²) < 4.78 is 0. The first-order chi connectivity index (χ1) is 5.77. The minimum absolute atomic E-state index is 0.0185. The van der Waals surface area contributed by atoms with Gasteiger partial charge in [0.05, 0.1) is 0 Å². The summed E-state index contributed by atoms with van der Waals surface area (Å²) in [5, 5.41) is 0. The van der Waals surface area contributed by atoms with Crippen LogP contribution in [0.1, 0.15) is 38.5 Å². The lowest BCUT2D eigenvalue weighted by Gasteiger charge is -2.33. The molecule has 0 aliphatic heterocycles. The van der Waals surface area contributed by atoms with Crippen molar-refractivity contribution in [1.82, 2.24) is 0 Å². The van der Waals surface area contributed by atoms with Gasteiger partial charge in [0.15, 0.2) is 0 Å². The van der Waals surface area contributed by atoms with Crippen LogP contribution in [0.15, 0.2) is 0 Å². The van der Waals surface area contributed by atoms with Crippen LogP contribution in [0.25, 0.3) is 0 Å². The van der Waals surface area contributed by atoms with E-state index in [2.05, 4.69) is 5.92 Å². The Balaban J connectivity index is 2.25. The normalized spacial score (nSPS) is 40.6. The third-order valence-corrected chi connectivity index (χ3v) is 3.53. The van der Waals surface area contributed by atoms with Gasteiger partial charge in [-0.25, -0.2) is 0 Å². The fourth-order valence-electron chi connectivity index (χ4n) is 2.81. The average Bonchev–Trinajstić information content (AvgIpc) is 2.47. The molecule has 0 saturated heterocycles. The molecule has 1 nitrogen and oxygen atoms in total. The molecule has 2 atom stereocenters. The van der Waals surface area contributed by atoms with E-state index in [0.29, 0.717) is 18.1 Å². The molecule has 12 heavy (non-hydrogen) atoms. The summed E-state index contributed by atoms with van der Waals surface area (Å²) in [6.45, 7) is 0. The topological polar surface area (TPSA) is 17.1 Å². The first kappa shape index (κ1) is 7.86. The molecule has 0 radical (unpaired) electrons. The van der Waals surface area contributed by atoms with Crippen molar-refractivity contribution in [3.8, 4) is 12.3 Å². The molecule has 0 unspecified atom stereocenters. The molecular weight excluding hydrogens is 148 g/mol. The summed E-state index contributed by atoms with van der Waals surface area (Å²) in [5.41, 5.74) is -0.0185. The summed E-state index contributed by atoms with van der Waals surface area (Å²) in [4.78, 5) is 11.3. The van der Waals surface area contributed by atoms with Gasteiger partial charge in [0.25, 0.3) is 0 Å². The van der Waals surface area contributed by atoms with Gasteiger partial charge in [0.2, 0.25) is 0 Å². The zero-order valence-electron chi connectivity index (χ0n) is 7.31. The van der Waals surface area contributed by atoms with Crippen molar-refractivity contribution in [3.63, 3.8) is 0 Å². The number of terminal acetylenes is 1. The van der Waals surface area contributed by atoms with Gasteiger partial charge < -0.3 is 0 Å². The summed E-state index contributed by atoms with van der Waals surface area (Å²) in [7, 11) is 0. The summed E-state index contributed by atoms with van der Waals surface area (Å²) in [5.74, 6) is 3.92. The van der Waals surface area contributed by atoms with E-state index in [9.17, 15) is 4.79 Å². The third-order valence-electron chi connectivity index (χ3n) is 3.53. The SMILES string of the molecule is C#C[C@]12CCC[C@H]1CCC(=O)C2. The number of ketones is 1. The second-order valence-corrected chi connectivity index (χ2v) is 4.14. The Morgan fingerprint density at radius 2 is 2.33 bits per heavy atom. The van der Waals surface area contributed by atoms with Crippen molar-refractivity contribution in [2.24, 2.45) is 11.3 Å². The van der Waals surface area contributed by atoms with Gasteiger partial charge in [-0.05, 0) is 25.2 Å². The van der Waals surface area contributed by atoms with E-state index in [4.69, 9.17) is 6.42 Å². The van der Waals surface area contributed by atoms with Gasteiger partial charge in [0, 0.05) is 18.3 Å². The summed E-state index contributed by atoms with van der Waals surface area (Å²) >= 11 is 0. The number of rotatable bonds is 0. The van der Waals surface area contributed by atoms with E-state index < -0.39 is 0 Å². The van der Waals surface area contributed by atoms with Gasteiger partial charge in [-0.3, -0.25) is 4.79 Å². The molecule has 0 aromatic heterocycles. The number of carbonyl (C=O) groups excluding carboxylic acids is 1. The molecule has 2 fully saturated rings. The highest BCUT2D eigenvalue weighted by molar-refractivity contribution is 5.80. The van der Waals surface area contributed by atoms with E-state index >= 15 is 0 Å². The van der Waals surface area contributed by atoms with Crippen molar-refractivity contribution in [2.45, 2.75) is 38.5 Å². The Labute approximate surface area is 73.5 Å². The molecule has 0 bridgehead atoms. The molecule has 2 saturated carbocycles. The van der Waals surface area contributed by atoms with Crippen molar-refractivity contribution in [2.75, 3.05) is 0 Å². The number of fused-ring (bicyclic) bond motifs is 1. The lowest BCUT2D eigenvalue weighted by atomic mass is 9.68. The highest BCUT2D eigenvalue weighted by atomic mass is 16.1. The molecule has 0 spiro atoms. The van der Waals surface area contributed by atoms with Gasteiger partial charge >= 0.3 is 0 Å². The Morgan fingerprint density at radius 3 is 3.08 bits per heavy atom. The van der Waals surface area contributed by atoms with E-state index in [1.165, 1.54) is 12.8 Å². The predicted octanol–water partition coefficient (Wildman–Crippen LogP) is 2.16. The molecule has 0 amide bonds. The Morgan fingerprint density at radius 1 is 1.50 bits per heavy atom. The van der Waals surface area contributed by atoms with E-state index in [1.807, 2.05) is 0 Å². The zero-order chi connectivity index (χ0) is 8.60. The summed E-state index contributed by atoms with van der Waals surface area (Å²) in [6, 6.07) is 0. The maximum Gasteiger partial charge on any atom is 0.134 e. The lowest BCUT2D eigenvalue weighted by molar-refractivity contribution is -0.123. The van der Waals surface area contributed by atoms with Crippen molar-refractivity contribution >= 4 is 5.78 Å². The van der Waals surface area contributed by atoms with Gasteiger partial charge in [-0.2, -0.15) is 0 Å². The molecule has 2 rings (SSSR count). The maximum atomic E-state index is 11.3. The number of hydrogen-bond donors (Lipinski definition) is 0. The fraction of sp³-hybridized carbons (Fsp3) is 0.727. The first-order valence-corrected chi connectivity index (χ1v) is 4.76. The average molecular weight is 162 g/mol. The third kappa shape index (κ3) is 0.982. The van der Waals surface area contributed by atoms with Crippen LogP contribution in [0, 0.1) is 23.7 Å². The standard InChI is InChI=1S/C11H14O/c1-2-11-7-3-4-9(11)5-6-10(12)8-11/h1,9H,3-8H2/t9-,11+/m0/s1. The summed E-state index contributed by atoms with van der Waals surface area (Å²) in [6.07, 6.45) is 11.6. The molecule has 2 aliphatic carbocycles. The molecule has 0 aromatic rings. The molecular formula is C11H14O. The van der Waals surface area contributed by atoms with E-state index in [1.54, 1.807) is 0 Å². The van der Waals surface area contributed by atoms with Crippen molar-refractivity contribution in [1.29, 1.82) is 0 Å². The first-order valence-electron chi connectivity index (χ1n) is 4.76. The second kappa shape index (κ2) is 2.62.